The molecule has 8 nitrogen and oxygen atoms in total. The van der Waals surface area contributed by atoms with Crippen LogP contribution < -0.4 is 14.8 Å². The Morgan fingerprint density at radius 2 is 1.81 bits per heavy atom. The number of aryl methyl sites for hydroxylation is 2. The van der Waals surface area contributed by atoms with Crippen LogP contribution in [0.4, 0.5) is 5.69 Å². The van der Waals surface area contributed by atoms with E-state index < -0.39 is 18.2 Å². The Morgan fingerprint density at radius 1 is 1.10 bits per heavy atom. The van der Waals surface area contributed by atoms with Crippen molar-refractivity contribution < 1.29 is 28.6 Å². The van der Waals surface area contributed by atoms with Crippen molar-refractivity contribution >= 4 is 23.5 Å². The van der Waals surface area contributed by atoms with Crippen LogP contribution in [0.25, 0.3) is 0 Å². The Bertz CT molecular complexity index is 1060. The molecule has 31 heavy (non-hydrogen) atoms. The van der Waals surface area contributed by atoms with Gasteiger partial charge in [-0.3, -0.25) is 14.5 Å². The number of nitrogens with one attached hydrogen (secondary N) is 1. The summed E-state index contributed by atoms with van der Waals surface area (Å²) in [6, 6.07) is 8.30. The van der Waals surface area contributed by atoms with Gasteiger partial charge < -0.3 is 19.5 Å². The van der Waals surface area contributed by atoms with Gasteiger partial charge in [0, 0.05) is 17.7 Å². The van der Waals surface area contributed by atoms with E-state index >= 15 is 0 Å². The number of anilines is 1. The number of esters is 1. The van der Waals surface area contributed by atoms with E-state index in [1.54, 1.807) is 12.1 Å². The number of methoxy groups -OCH3 is 2. The summed E-state index contributed by atoms with van der Waals surface area (Å²) in [7, 11) is 2.90. The minimum atomic E-state index is -0.993. The molecule has 0 bridgehead atoms. The third-order valence-electron chi connectivity index (χ3n) is 5.57. The summed E-state index contributed by atoms with van der Waals surface area (Å²) in [6.07, 6.45) is -0.458. The van der Waals surface area contributed by atoms with Gasteiger partial charge in [-0.05, 0) is 55.7 Å². The number of cyclic esters (lactones) is 1. The van der Waals surface area contributed by atoms with Gasteiger partial charge in [0.2, 0.25) is 18.0 Å². The van der Waals surface area contributed by atoms with Crippen LogP contribution in [0.3, 0.4) is 0 Å². The first-order valence-electron chi connectivity index (χ1n) is 10.00. The Labute approximate surface area is 180 Å². The topological polar surface area (TPSA) is 94.2 Å². The summed E-state index contributed by atoms with van der Waals surface area (Å²) in [5.41, 5.74) is 3.39. The summed E-state index contributed by atoms with van der Waals surface area (Å²) < 4.78 is 16.2. The van der Waals surface area contributed by atoms with Gasteiger partial charge in [-0.15, -0.1) is 0 Å². The largest absolute Gasteiger partial charge is 0.493 e. The normalized spacial score (nSPS) is 19.8. The Balaban J connectivity index is 1.65. The first-order chi connectivity index (χ1) is 14.8. The maximum Gasteiger partial charge on any atom is 0.344 e. The molecule has 0 saturated carbocycles. The van der Waals surface area contributed by atoms with Gasteiger partial charge >= 0.3 is 5.97 Å². The lowest BCUT2D eigenvalue weighted by Crippen LogP contribution is -2.43. The number of carbonyl (C=O) groups excluding carboxylic acids is 3. The summed E-state index contributed by atoms with van der Waals surface area (Å²) in [5.74, 6) is -0.558. The molecule has 162 valence electrons. The second-order valence-electron chi connectivity index (χ2n) is 7.74. The van der Waals surface area contributed by atoms with E-state index in [0.29, 0.717) is 23.4 Å². The zero-order valence-corrected chi connectivity index (χ0v) is 17.9. The van der Waals surface area contributed by atoms with Crippen LogP contribution >= 0.6 is 0 Å². The summed E-state index contributed by atoms with van der Waals surface area (Å²) in [4.78, 5) is 39.8. The second-order valence-corrected chi connectivity index (χ2v) is 7.74. The fourth-order valence-electron chi connectivity index (χ4n) is 4.32. The van der Waals surface area contributed by atoms with Gasteiger partial charge in [-0.25, -0.2) is 4.79 Å². The number of hydrogen-bond acceptors (Lipinski definition) is 6. The van der Waals surface area contributed by atoms with Crippen molar-refractivity contribution in [1.82, 2.24) is 4.90 Å². The zero-order chi connectivity index (χ0) is 22.3. The molecule has 0 spiro atoms. The van der Waals surface area contributed by atoms with E-state index in [4.69, 9.17) is 14.2 Å². The van der Waals surface area contributed by atoms with Gasteiger partial charge in [-0.2, -0.15) is 0 Å². The Kier molecular flexibility index (Phi) is 5.31. The summed E-state index contributed by atoms with van der Waals surface area (Å²) in [5, 5.41) is 2.90. The fourth-order valence-corrected chi connectivity index (χ4v) is 4.32. The quantitative estimate of drug-likeness (QED) is 0.742. The molecule has 2 aliphatic rings. The van der Waals surface area contributed by atoms with Gasteiger partial charge in [-0.1, -0.05) is 6.07 Å². The summed E-state index contributed by atoms with van der Waals surface area (Å²) >= 11 is 0. The fraction of sp³-hybridized carbons (Fsp3) is 0.348. The standard InChI is InChI=1S/C23H24N2O6/c1-12-9-13(2)11-14(10-12)24-21(27)16-6-8-18(26)25(16)22-15-5-7-17(29-3)20(30-4)19(15)23(28)31-22/h5,7,9-11,16,22H,6,8H2,1-4H3,(H,24,27)/t16-,22+/m0/s1. The first-order valence-corrected chi connectivity index (χ1v) is 10.00. The van der Waals surface area contributed by atoms with Crippen molar-refractivity contribution in [2.24, 2.45) is 0 Å². The molecule has 8 heteroatoms. The molecule has 1 N–H and O–H groups in total. The number of hydrogen-bond donors (Lipinski definition) is 1. The van der Waals surface area contributed by atoms with Crippen molar-refractivity contribution in [3.63, 3.8) is 0 Å². The molecular weight excluding hydrogens is 400 g/mol. The van der Waals surface area contributed by atoms with Crippen molar-refractivity contribution in [3.8, 4) is 11.5 Å². The molecule has 1 fully saturated rings. The van der Waals surface area contributed by atoms with E-state index in [9.17, 15) is 14.4 Å². The number of ether oxygens (including phenoxy) is 3. The lowest BCUT2D eigenvalue weighted by Gasteiger charge is -2.29. The maximum absolute atomic E-state index is 13.1. The smallest absolute Gasteiger partial charge is 0.344 e. The van der Waals surface area contributed by atoms with Crippen LogP contribution in [0.1, 0.15) is 46.1 Å². The van der Waals surface area contributed by atoms with Crippen molar-refractivity contribution in [1.29, 1.82) is 0 Å². The highest BCUT2D eigenvalue weighted by molar-refractivity contribution is 6.01. The van der Waals surface area contributed by atoms with Crippen molar-refractivity contribution in [3.05, 3.63) is 52.6 Å². The van der Waals surface area contributed by atoms with Crippen LogP contribution in [-0.2, 0) is 14.3 Å². The van der Waals surface area contributed by atoms with E-state index in [-0.39, 0.29) is 29.5 Å². The molecule has 0 unspecified atom stereocenters. The molecular formula is C23H24N2O6. The van der Waals surface area contributed by atoms with E-state index in [1.807, 2.05) is 32.0 Å². The predicted octanol–water partition coefficient (Wildman–Crippen LogP) is 3.12. The minimum absolute atomic E-state index is 0.196. The number of nitrogens with zero attached hydrogens (tertiary/aromatic N) is 1. The van der Waals surface area contributed by atoms with Crippen LogP contribution in [0.2, 0.25) is 0 Å². The molecule has 2 amide bonds. The molecule has 1 saturated heterocycles. The maximum atomic E-state index is 13.1. The molecule has 2 aromatic carbocycles. The number of benzene rings is 2. The van der Waals surface area contributed by atoms with Crippen molar-refractivity contribution in [2.75, 3.05) is 19.5 Å². The minimum Gasteiger partial charge on any atom is -0.493 e. The van der Waals surface area contributed by atoms with E-state index in [0.717, 1.165) is 11.1 Å². The average Bonchev–Trinajstić information content (AvgIpc) is 3.26. The van der Waals surface area contributed by atoms with Gasteiger partial charge in [0.15, 0.2) is 11.5 Å². The molecule has 0 aliphatic carbocycles. The van der Waals surface area contributed by atoms with Gasteiger partial charge in [0.05, 0.1) is 14.2 Å². The van der Waals surface area contributed by atoms with Crippen LogP contribution in [0, 0.1) is 13.8 Å². The molecule has 2 heterocycles. The predicted molar refractivity (Wildman–Crippen MR) is 112 cm³/mol. The van der Waals surface area contributed by atoms with E-state index in [1.165, 1.54) is 19.1 Å². The number of likely N-dealkylation sites (tertiary alicyclic amines) is 1. The first kappa shape index (κ1) is 20.7. The van der Waals surface area contributed by atoms with E-state index in [2.05, 4.69) is 5.32 Å². The number of carbonyl (C=O) groups is 3. The number of fused-ring (bicyclic) bond motifs is 1. The zero-order valence-electron chi connectivity index (χ0n) is 17.9. The third kappa shape index (κ3) is 3.58. The lowest BCUT2D eigenvalue weighted by molar-refractivity contribution is -0.144. The molecule has 0 aromatic heterocycles. The molecule has 2 atom stereocenters. The Morgan fingerprint density at radius 3 is 2.45 bits per heavy atom. The number of rotatable bonds is 5. The van der Waals surface area contributed by atoms with Gasteiger partial charge in [0.25, 0.3) is 0 Å². The average molecular weight is 424 g/mol. The Hall–Kier alpha value is -3.55. The molecule has 0 radical (unpaired) electrons. The SMILES string of the molecule is COc1ccc2c(c1OC)C(=O)O[C@H]2N1C(=O)CC[C@H]1C(=O)Nc1cc(C)cc(C)c1. The lowest BCUT2D eigenvalue weighted by atomic mass is 10.0. The molecule has 4 rings (SSSR count). The molecule has 2 aromatic rings. The highest BCUT2D eigenvalue weighted by atomic mass is 16.6. The summed E-state index contributed by atoms with van der Waals surface area (Å²) in [6.45, 7) is 3.90. The van der Waals surface area contributed by atoms with Crippen molar-refractivity contribution in [2.45, 2.75) is 39.0 Å². The van der Waals surface area contributed by atoms with Crippen LogP contribution in [0.5, 0.6) is 11.5 Å². The van der Waals surface area contributed by atoms with Crippen LogP contribution in [0.15, 0.2) is 30.3 Å². The van der Waals surface area contributed by atoms with Crippen LogP contribution in [-0.4, -0.2) is 42.9 Å². The third-order valence-corrected chi connectivity index (χ3v) is 5.57. The monoisotopic (exact) mass is 424 g/mol. The highest BCUT2D eigenvalue weighted by Crippen LogP contribution is 2.45. The highest BCUT2D eigenvalue weighted by Gasteiger charge is 2.47. The van der Waals surface area contributed by atoms with Gasteiger partial charge in [0.1, 0.15) is 11.6 Å². The second kappa shape index (κ2) is 7.94. The number of amides is 2. The molecule has 2 aliphatic heterocycles.